The molecular formula is C13H11N5O2. The average Bonchev–Trinajstić information content (AvgIpc) is 3.12. The molecule has 0 radical (unpaired) electrons. The maximum absolute atomic E-state index is 11.7. The summed E-state index contributed by atoms with van der Waals surface area (Å²) in [6.45, 7) is 1.74. The molecule has 2 N–H and O–H groups in total. The van der Waals surface area contributed by atoms with E-state index >= 15 is 0 Å². The number of hydrogen-bond acceptors (Lipinski definition) is 5. The molecule has 0 aromatic carbocycles. The molecule has 0 unspecified atom stereocenters. The first kappa shape index (κ1) is 12.1. The largest absolute Gasteiger partial charge is 0.459 e. The molecule has 0 fully saturated rings. The molecule has 0 saturated carbocycles. The third-order valence-corrected chi connectivity index (χ3v) is 2.67. The lowest BCUT2D eigenvalue weighted by atomic mass is 10.4. The van der Waals surface area contributed by atoms with E-state index in [0.29, 0.717) is 17.2 Å². The van der Waals surface area contributed by atoms with Crippen LogP contribution < -0.4 is 5.43 Å². The van der Waals surface area contributed by atoms with Gasteiger partial charge in [0.05, 0.1) is 11.8 Å². The van der Waals surface area contributed by atoms with Gasteiger partial charge in [0.25, 0.3) is 0 Å². The lowest BCUT2D eigenvalue weighted by Crippen LogP contribution is -2.19. The van der Waals surface area contributed by atoms with E-state index in [9.17, 15) is 4.79 Å². The van der Waals surface area contributed by atoms with Crippen LogP contribution in [0.4, 0.5) is 0 Å². The summed E-state index contributed by atoms with van der Waals surface area (Å²) in [6, 6.07) is 6.88. The number of pyridine rings is 1. The Labute approximate surface area is 113 Å². The van der Waals surface area contributed by atoms with Crippen molar-refractivity contribution in [1.82, 2.24) is 20.4 Å². The van der Waals surface area contributed by atoms with Crippen molar-refractivity contribution >= 4 is 22.8 Å². The number of furan rings is 1. The Hall–Kier alpha value is -2.96. The molecule has 3 rings (SSSR count). The Morgan fingerprint density at radius 2 is 2.30 bits per heavy atom. The molecule has 7 nitrogen and oxygen atoms in total. The molecule has 3 aromatic rings. The quantitative estimate of drug-likeness (QED) is 0.558. The number of aromatic nitrogens is 3. The molecule has 20 heavy (non-hydrogen) atoms. The fourth-order valence-corrected chi connectivity index (χ4v) is 1.67. The molecule has 0 aliphatic heterocycles. The Balaban J connectivity index is 1.79. The fraction of sp³-hybridized carbons (Fsp3) is 0.0769. The van der Waals surface area contributed by atoms with Gasteiger partial charge in [0.15, 0.2) is 17.2 Å². The first-order chi connectivity index (χ1) is 9.74. The van der Waals surface area contributed by atoms with Crippen LogP contribution in [0.5, 0.6) is 0 Å². The predicted molar refractivity (Wildman–Crippen MR) is 72.3 cm³/mol. The highest BCUT2D eigenvalue weighted by Crippen LogP contribution is 2.08. The minimum atomic E-state index is -0.413. The van der Waals surface area contributed by atoms with Crippen molar-refractivity contribution in [1.29, 1.82) is 0 Å². The van der Waals surface area contributed by atoms with Crippen molar-refractivity contribution in [2.75, 3.05) is 0 Å². The third kappa shape index (κ3) is 2.28. The Bertz CT molecular complexity index is 740. The van der Waals surface area contributed by atoms with Crippen LogP contribution in [0.15, 0.2) is 46.2 Å². The van der Waals surface area contributed by atoms with Crippen molar-refractivity contribution in [2.45, 2.75) is 6.92 Å². The third-order valence-electron chi connectivity index (χ3n) is 2.67. The Morgan fingerprint density at radius 1 is 1.40 bits per heavy atom. The number of aromatic amines is 1. The number of imidazole rings is 1. The first-order valence-corrected chi connectivity index (χ1v) is 5.93. The van der Waals surface area contributed by atoms with Crippen molar-refractivity contribution in [3.63, 3.8) is 0 Å². The van der Waals surface area contributed by atoms with Crippen LogP contribution in [-0.4, -0.2) is 26.6 Å². The van der Waals surface area contributed by atoms with E-state index in [2.05, 4.69) is 25.5 Å². The molecule has 3 heterocycles. The van der Waals surface area contributed by atoms with Crippen LogP contribution in [0.1, 0.15) is 23.3 Å². The highest BCUT2D eigenvalue weighted by Gasteiger charge is 2.09. The van der Waals surface area contributed by atoms with Crippen LogP contribution in [0.2, 0.25) is 0 Å². The fourth-order valence-electron chi connectivity index (χ4n) is 1.67. The number of rotatable bonds is 3. The predicted octanol–water partition coefficient (Wildman–Crippen LogP) is 1.70. The molecule has 1 amide bonds. The van der Waals surface area contributed by atoms with Crippen molar-refractivity contribution in [3.05, 3.63) is 48.3 Å². The molecule has 7 heteroatoms. The van der Waals surface area contributed by atoms with Crippen molar-refractivity contribution in [3.8, 4) is 0 Å². The number of amides is 1. The highest BCUT2D eigenvalue weighted by molar-refractivity contribution is 5.99. The van der Waals surface area contributed by atoms with E-state index in [1.165, 1.54) is 6.26 Å². The smallest absolute Gasteiger partial charge is 0.307 e. The number of nitrogens with zero attached hydrogens (tertiary/aromatic N) is 3. The normalized spacial score (nSPS) is 11.8. The molecule has 0 aliphatic rings. The van der Waals surface area contributed by atoms with Crippen LogP contribution in [-0.2, 0) is 0 Å². The number of H-pyrrole nitrogens is 1. The van der Waals surface area contributed by atoms with Gasteiger partial charge < -0.3 is 9.40 Å². The second-order valence-corrected chi connectivity index (χ2v) is 4.08. The van der Waals surface area contributed by atoms with E-state index in [0.717, 1.165) is 5.52 Å². The molecule has 0 bridgehead atoms. The molecule has 0 saturated heterocycles. The van der Waals surface area contributed by atoms with Crippen LogP contribution in [0, 0.1) is 0 Å². The number of fused-ring (bicyclic) bond motifs is 1. The first-order valence-electron chi connectivity index (χ1n) is 5.93. The summed E-state index contributed by atoms with van der Waals surface area (Å²) in [5.41, 5.74) is 4.37. The summed E-state index contributed by atoms with van der Waals surface area (Å²) < 4.78 is 4.97. The van der Waals surface area contributed by atoms with Crippen LogP contribution in [0.3, 0.4) is 0 Å². The van der Waals surface area contributed by atoms with Gasteiger partial charge in [-0.2, -0.15) is 5.10 Å². The van der Waals surface area contributed by atoms with E-state index in [4.69, 9.17) is 4.42 Å². The lowest BCUT2D eigenvalue weighted by molar-refractivity contribution is 0.0927. The second kappa shape index (κ2) is 4.96. The van der Waals surface area contributed by atoms with E-state index in [1.54, 1.807) is 25.3 Å². The maximum Gasteiger partial charge on any atom is 0.307 e. The molecule has 0 spiro atoms. The van der Waals surface area contributed by atoms with E-state index < -0.39 is 5.91 Å². The van der Waals surface area contributed by atoms with Gasteiger partial charge in [-0.05, 0) is 31.2 Å². The van der Waals surface area contributed by atoms with Gasteiger partial charge in [-0.15, -0.1) is 0 Å². The van der Waals surface area contributed by atoms with Gasteiger partial charge in [0.1, 0.15) is 5.71 Å². The SMILES string of the molecule is C/C(=N/NC(=O)c1ccco1)c1nc2ncccc2[nH]1. The molecular weight excluding hydrogens is 258 g/mol. The van der Waals surface area contributed by atoms with Crippen LogP contribution in [0.25, 0.3) is 11.2 Å². The Morgan fingerprint density at radius 3 is 3.05 bits per heavy atom. The number of carbonyl (C=O) groups is 1. The van der Waals surface area contributed by atoms with Gasteiger partial charge in [0.2, 0.25) is 0 Å². The summed E-state index contributed by atoms with van der Waals surface area (Å²) in [5.74, 6) is 0.342. The van der Waals surface area contributed by atoms with Crippen LogP contribution >= 0.6 is 0 Å². The zero-order valence-corrected chi connectivity index (χ0v) is 10.6. The minimum absolute atomic E-state index is 0.202. The van der Waals surface area contributed by atoms with Crippen molar-refractivity contribution in [2.24, 2.45) is 5.10 Å². The summed E-state index contributed by atoms with van der Waals surface area (Å²) in [4.78, 5) is 23.1. The maximum atomic E-state index is 11.7. The summed E-state index contributed by atoms with van der Waals surface area (Å²) in [6.07, 6.45) is 3.09. The zero-order valence-electron chi connectivity index (χ0n) is 10.6. The van der Waals surface area contributed by atoms with Gasteiger partial charge in [-0.1, -0.05) is 0 Å². The van der Waals surface area contributed by atoms with Crippen molar-refractivity contribution < 1.29 is 9.21 Å². The number of nitrogens with one attached hydrogen (secondary N) is 2. The number of hydrazone groups is 1. The standard InChI is InChI=1S/C13H11N5O2/c1-8(17-18-13(19)10-5-3-7-20-10)11-15-9-4-2-6-14-12(9)16-11/h2-7H,1H3,(H,18,19)(H,14,15,16)/b17-8-. The van der Waals surface area contributed by atoms with Gasteiger partial charge in [-0.3, -0.25) is 4.79 Å². The molecule has 3 aromatic heterocycles. The minimum Gasteiger partial charge on any atom is -0.459 e. The monoisotopic (exact) mass is 269 g/mol. The summed E-state index contributed by atoms with van der Waals surface area (Å²) >= 11 is 0. The molecule has 0 aliphatic carbocycles. The zero-order chi connectivity index (χ0) is 13.9. The highest BCUT2D eigenvalue weighted by atomic mass is 16.3. The molecule has 0 atom stereocenters. The number of hydrogen-bond donors (Lipinski definition) is 2. The summed E-state index contributed by atoms with van der Waals surface area (Å²) in [5, 5.41) is 3.98. The van der Waals surface area contributed by atoms with Gasteiger partial charge in [-0.25, -0.2) is 15.4 Å². The summed E-state index contributed by atoms with van der Waals surface area (Å²) in [7, 11) is 0. The Kier molecular flexibility index (Phi) is 3.00. The van der Waals surface area contributed by atoms with E-state index in [1.807, 2.05) is 12.1 Å². The van der Waals surface area contributed by atoms with Gasteiger partial charge >= 0.3 is 5.91 Å². The topological polar surface area (TPSA) is 96.2 Å². The average molecular weight is 269 g/mol. The van der Waals surface area contributed by atoms with Gasteiger partial charge in [0, 0.05) is 6.20 Å². The number of carbonyl (C=O) groups excluding carboxylic acids is 1. The lowest BCUT2D eigenvalue weighted by Gasteiger charge is -1.97. The van der Waals surface area contributed by atoms with E-state index in [-0.39, 0.29) is 5.76 Å². The second-order valence-electron chi connectivity index (χ2n) is 4.08. The molecule has 100 valence electrons.